The van der Waals surface area contributed by atoms with E-state index in [1.807, 2.05) is 11.8 Å². The van der Waals surface area contributed by atoms with Crippen molar-refractivity contribution in [2.75, 3.05) is 23.9 Å². The normalized spacial score (nSPS) is 18.2. The molecule has 0 atom stereocenters. The van der Waals surface area contributed by atoms with Crippen LogP contribution in [0.5, 0.6) is 0 Å². The Bertz CT molecular complexity index is 1130. The van der Waals surface area contributed by atoms with Crippen LogP contribution >= 0.6 is 23.5 Å². The quantitative estimate of drug-likeness (QED) is 0.546. The van der Waals surface area contributed by atoms with Crippen molar-refractivity contribution in [2.24, 2.45) is 7.05 Å². The summed E-state index contributed by atoms with van der Waals surface area (Å²) in [5, 5.41) is 2.35. The number of aryl methyl sites for hydroxylation is 1. The SMILES string of the molecule is CN1/C(=C/c2cc(/C=C3\Sc4ccccc4N3C)[n+](C)o2)Sc2ccccc21. The molecular weight excluding hydrogens is 386 g/mol. The van der Waals surface area contributed by atoms with Crippen LogP contribution in [-0.2, 0) is 7.05 Å². The molecule has 0 unspecified atom stereocenters. The molecular formula is C22H20N3OS2+. The highest BCUT2D eigenvalue weighted by Gasteiger charge is 2.25. The summed E-state index contributed by atoms with van der Waals surface area (Å²) < 4.78 is 7.80. The molecule has 2 aliphatic rings. The molecule has 0 fully saturated rings. The zero-order valence-corrected chi connectivity index (χ0v) is 17.6. The average Bonchev–Trinajstić information content (AvgIpc) is 3.31. The molecule has 140 valence electrons. The standard InChI is InChI=1S/C22H20N3OS2/c1-23-17-8-4-6-10-19(17)27-21(23)13-15-12-16(26-25(15)3)14-22-24(2)18-9-5-7-11-20(18)28-22/h4-14H,1-3H3/q+1. The second kappa shape index (κ2) is 6.79. The van der Waals surface area contributed by atoms with E-state index in [9.17, 15) is 0 Å². The van der Waals surface area contributed by atoms with E-state index in [0.29, 0.717) is 0 Å². The summed E-state index contributed by atoms with van der Waals surface area (Å²) in [7, 11) is 6.15. The molecule has 0 bridgehead atoms. The first-order valence-electron chi connectivity index (χ1n) is 9.05. The van der Waals surface area contributed by atoms with Gasteiger partial charge in [-0.15, -0.1) is 0 Å². The van der Waals surface area contributed by atoms with Gasteiger partial charge in [-0.25, -0.2) is 4.52 Å². The van der Waals surface area contributed by atoms with Gasteiger partial charge in [-0.1, -0.05) is 47.8 Å². The summed E-state index contributed by atoms with van der Waals surface area (Å²) >= 11 is 3.56. The lowest BCUT2D eigenvalue weighted by Gasteiger charge is -2.12. The van der Waals surface area contributed by atoms with Gasteiger partial charge in [0.15, 0.2) is 7.05 Å². The summed E-state index contributed by atoms with van der Waals surface area (Å²) in [6, 6.07) is 19.0. The fraction of sp³-hybridized carbons (Fsp3) is 0.136. The second-order valence-corrected chi connectivity index (χ2v) is 8.91. The topological polar surface area (TPSA) is 23.5 Å². The van der Waals surface area contributed by atoms with E-state index < -0.39 is 0 Å². The molecule has 0 amide bonds. The van der Waals surface area contributed by atoms with E-state index in [0.717, 1.165) is 16.5 Å². The predicted octanol–water partition coefficient (Wildman–Crippen LogP) is 5.19. The largest absolute Gasteiger partial charge is 0.338 e. The Kier molecular flexibility index (Phi) is 4.25. The van der Waals surface area contributed by atoms with Crippen LogP contribution in [0.3, 0.4) is 0 Å². The molecule has 0 radical (unpaired) electrons. The molecule has 1 aromatic heterocycles. The first-order valence-corrected chi connectivity index (χ1v) is 10.7. The van der Waals surface area contributed by atoms with E-state index in [1.54, 1.807) is 23.5 Å². The minimum absolute atomic E-state index is 0.847. The Morgan fingerprint density at radius 3 is 1.93 bits per heavy atom. The highest BCUT2D eigenvalue weighted by atomic mass is 32.2. The number of hydrogen-bond donors (Lipinski definition) is 0. The molecule has 0 spiro atoms. The third-order valence-electron chi connectivity index (χ3n) is 4.98. The summed E-state index contributed by atoms with van der Waals surface area (Å²) in [5.41, 5.74) is 3.52. The number of aromatic nitrogens is 1. The molecule has 0 saturated carbocycles. The molecule has 0 aliphatic carbocycles. The number of anilines is 2. The van der Waals surface area contributed by atoms with Gasteiger partial charge in [0.2, 0.25) is 5.76 Å². The fourth-order valence-corrected chi connectivity index (χ4v) is 5.60. The predicted molar refractivity (Wildman–Crippen MR) is 117 cm³/mol. The third kappa shape index (κ3) is 2.93. The highest BCUT2D eigenvalue weighted by Crippen LogP contribution is 2.46. The van der Waals surface area contributed by atoms with Crippen molar-refractivity contribution in [1.82, 2.24) is 0 Å². The van der Waals surface area contributed by atoms with E-state index in [1.165, 1.54) is 26.2 Å². The molecule has 2 aromatic carbocycles. The maximum atomic E-state index is 5.97. The van der Waals surface area contributed by atoms with Crippen molar-refractivity contribution < 1.29 is 9.26 Å². The van der Waals surface area contributed by atoms with Crippen molar-refractivity contribution in [3.63, 3.8) is 0 Å². The number of rotatable bonds is 2. The van der Waals surface area contributed by atoms with E-state index >= 15 is 0 Å². The van der Waals surface area contributed by atoms with Crippen LogP contribution in [0.1, 0.15) is 11.5 Å². The number of benzene rings is 2. The van der Waals surface area contributed by atoms with Crippen molar-refractivity contribution in [3.8, 4) is 0 Å². The zero-order chi connectivity index (χ0) is 19.3. The van der Waals surface area contributed by atoms with Gasteiger partial charge in [0.05, 0.1) is 27.5 Å². The highest BCUT2D eigenvalue weighted by molar-refractivity contribution is 8.04. The maximum absolute atomic E-state index is 5.97. The van der Waals surface area contributed by atoms with Gasteiger partial charge in [0.25, 0.3) is 5.69 Å². The molecule has 4 nitrogen and oxygen atoms in total. The molecule has 3 aromatic rings. The van der Waals surface area contributed by atoms with Crippen LogP contribution < -0.4 is 14.5 Å². The Morgan fingerprint density at radius 1 is 0.821 bits per heavy atom. The zero-order valence-electron chi connectivity index (χ0n) is 15.9. The number of fused-ring (bicyclic) bond motifs is 2. The lowest BCUT2D eigenvalue weighted by Crippen LogP contribution is -2.28. The molecule has 0 saturated heterocycles. The van der Waals surface area contributed by atoms with Crippen LogP contribution in [0, 0.1) is 0 Å². The molecule has 3 heterocycles. The van der Waals surface area contributed by atoms with Crippen molar-refractivity contribution in [3.05, 3.63) is 76.1 Å². The van der Waals surface area contributed by atoms with Crippen LogP contribution in [0.4, 0.5) is 11.4 Å². The molecule has 28 heavy (non-hydrogen) atoms. The molecule has 2 aliphatic heterocycles. The van der Waals surface area contributed by atoms with Gasteiger partial charge in [-0.2, -0.15) is 0 Å². The average molecular weight is 407 g/mol. The van der Waals surface area contributed by atoms with Crippen LogP contribution in [0.25, 0.3) is 12.2 Å². The number of para-hydroxylation sites is 2. The Hall–Kier alpha value is -2.57. The van der Waals surface area contributed by atoms with Gasteiger partial charge in [-0.3, -0.25) is 0 Å². The van der Waals surface area contributed by atoms with Crippen LogP contribution in [-0.4, -0.2) is 14.1 Å². The van der Waals surface area contributed by atoms with E-state index in [-0.39, 0.29) is 0 Å². The minimum Gasteiger partial charge on any atom is -0.338 e. The van der Waals surface area contributed by atoms with Crippen molar-refractivity contribution in [1.29, 1.82) is 0 Å². The Labute approximate surface area is 173 Å². The lowest BCUT2D eigenvalue weighted by atomic mass is 10.3. The van der Waals surface area contributed by atoms with Gasteiger partial charge in [0.1, 0.15) is 0 Å². The number of hydrogen-bond acceptors (Lipinski definition) is 5. The summed E-state index contributed by atoms with van der Waals surface area (Å²) in [6.07, 6.45) is 4.28. The monoisotopic (exact) mass is 406 g/mol. The molecule has 5 rings (SSSR count). The van der Waals surface area contributed by atoms with Gasteiger partial charge < -0.3 is 9.80 Å². The summed E-state index contributed by atoms with van der Waals surface area (Å²) in [5.74, 6) is 0.847. The summed E-state index contributed by atoms with van der Waals surface area (Å²) in [4.78, 5) is 6.99. The van der Waals surface area contributed by atoms with Gasteiger partial charge in [0, 0.05) is 36.0 Å². The summed E-state index contributed by atoms with van der Waals surface area (Å²) in [6.45, 7) is 0. The van der Waals surface area contributed by atoms with Gasteiger partial charge in [-0.05, 0) is 29.0 Å². The first kappa shape index (κ1) is 17.5. The van der Waals surface area contributed by atoms with E-state index in [2.05, 4.69) is 90.6 Å². The Balaban J connectivity index is 1.43. The third-order valence-corrected chi connectivity index (χ3v) is 7.31. The number of nitrogens with zero attached hydrogens (tertiary/aromatic N) is 3. The Morgan fingerprint density at radius 2 is 1.36 bits per heavy atom. The lowest BCUT2D eigenvalue weighted by molar-refractivity contribution is -0.846. The van der Waals surface area contributed by atoms with E-state index in [4.69, 9.17) is 4.52 Å². The molecule has 6 heteroatoms. The number of thioether (sulfide) groups is 2. The fourth-order valence-electron chi connectivity index (χ4n) is 3.42. The second-order valence-electron chi connectivity index (χ2n) is 6.78. The first-order chi connectivity index (χ1) is 13.6. The smallest absolute Gasteiger partial charge is 0.257 e. The van der Waals surface area contributed by atoms with Crippen LogP contribution in [0.15, 0.2) is 79.0 Å². The van der Waals surface area contributed by atoms with Crippen molar-refractivity contribution >= 4 is 47.1 Å². The minimum atomic E-state index is 0.847. The van der Waals surface area contributed by atoms with Crippen molar-refractivity contribution in [2.45, 2.75) is 9.79 Å². The van der Waals surface area contributed by atoms with Gasteiger partial charge >= 0.3 is 0 Å². The van der Waals surface area contributed by atoms with Crippen LogP contribution in [0.2, 0.25) is 0 Å². The molecule has 0 N–H and O–H groups in total. The maximum Gasteiger partial charge on any atom is 0.257 e.